The fourth-order valence-electron chi connectivity index (χ4n) is 2.96. The van der Waals surface area contributed by atoms with E-state index >= 15 is 0 Å². The van der Waals surface area contributed by atoms with Gasteiger partial charge in [-0.25, -0.2) is 9.78 Å². The average Bonchev–Trinajstić information content (AvgIpc) is 2.92. The molecule has 2 aromatic rings. The van der Waals surface area contributed by atoms with Crippen molar-refractivity contribution >= 4 is 27.5 Å². The van der Waals surface area contributed by atoms with E-state index in [1.807, 2.05) is 11.8 Å². The highest BCUT2D eigenvalue weighted by Crippen LogP contribution is 2.27. The van der Waals surface area contributed by atoms with Gasteiger partial charge in [0.2, 0.25) is 0 Å². The number of aliphatic hydroxyl groups is 1. The summed E-state index contributed by atoms with van der Waals surface area (Å²) in [7, 11) is 1.54. The molecule has 0 saturated heterocycles. The highest BCUT2D eigenvalue weighted by molar-refractivity contribution is 7.20. The second-order valence-electron chi connectivity index (χ2n) is 6.31. The average molecular weight is 397 g/mol. The van der Waals surface area contributed by atoms with Crippen LogP contribution in [0.1, 0.15) is 41.3 Å². The van der Waals surface area contributed by atoms with Crippen LogP contribution in [0.3, 0.4) is 0 Å². The number of nitrogens with one attached hydrogen (secondary N) is 1. The zero-order chi connectivity index (χ0) is 20.0. The van der Waals surface area contributed by atoms with Crippen LogP contribution in [0.5, 0.6) is 0 Å². The number of hydrogen-bond acceptors (Lipinski definition) is 8. The number of carbonyl (C=O) groups is 1. The maximum atomic E-state index is 12.5. The Hall–Kier alpha value is -1.81. The molecule has 0 amide bonds. The SMILES string of the molecule is CCCN(Cc1nc2sc(C(=O)OCC)c(C)c2c(=O)[nH]1)C[C@H](O)COC. The molecule has 0 aliphatic carbocycles. The zero-order valence-corrected chi connectivity index (χ0v) is 17.0. The van der Waals surface area contributed by atoms with Crippen molar-refractivity contribution in [3.63, 3.8) is 0 Å². The maximum absolute atomic E-state index is 12.5. The number of fused-ring (bicyclic) bond motifs is 1. The van der Waals surface area contributed by atoms with Crippen molar-refractivity contribution < 1.29 is 19.4 Å². The molecule has 0 aliphatic heterocycles. The largest absolute Gasteiger partial charge is 0.462 e. The molecule has 0 fully saturated rings. The molecule has 0 radical (unpaired) electrons. The number of hydrogen-bond donors (Lipinski definition) is 2. The minimum absolute atomic E-state index is 0.246. The minimum Gasteiger partial charge on any atom is -0.462 e. The van der Waals surface area contributed by atoms with Gasteiger partial charge in [0, 0.05) is 13.7 Å². The number of esters is 1. The van der Waals surface area contributed by atoms with E-state index in [9.17, 15) is 14.7 Å². The van der Waals surface area contributed by atoms with Crippen LogP contribution >= 0.6 is 11.3 Å². The van der Waals surface area contributed by atoms with Crippen molar-refractivity contribution in [2.75, 3.05) is 33.4 Å². The second-order valence-corrected chi connectivity index (χ2v) is 7.31. The van der Waals surface area contributed by atoms with Crippen LogP contribution in [0.15, 0.2) is 4.79 Å². The summed E-state index contributed by atoms with van der Waals surface area (Å²) in [6, 6.07) is 0. The van der Waals surface area contributed by atoms with E-state index in [2.05, 4.69) is 9.97 Å². The lowest BCUT2D eigenvalue weighted by Crippen LogP contribution is -2.35. The van der Waals surface area contributed by atoms with Crippen LogP contribution in [0.4, 0.5) is 0 Å². The van der Waals surface area contributed by atoms with Gasteiger partial charge in [-0.2, -0.15) is 0 Å². The number of carbonyl (C=O) groups excluding carboxylic acids is 1. The number of nitrogens with zero attached hydrogens (tertiary/aromatic N) is 2. The van der Waals surface area contributed by atoms with Crippen molar-refractivity contribution in [1.29, 1.82) is 0 Å². The van der Waals surface area contributed by atoms with Crippen LogP contribution < -0.4 is 5.56 Å². The fraction of sp³-hybridized carbons (Fsp3) is 0.611. The van der Waals surface area contributed by atoms with Crippen LogP contribution in [0.25, 0.3) is 10.2 Å². The number of aliphatic hydroxyl groups excluding tert-OH is 1. The Kier molecular flexibility index (Phi) is 7.91. The Labute approximate surface area is 162 Å². The molecule has 8 nitrogen and oxygen atoms in total. The fourth-order valence-corrected chi connectivity index (χ4v) is 4.06. The van der Waals surface area contributed by atoms with E-state index in [0.29, 0.717) is 39.6 Å². The molecule has 0 saturated carbocycles. The van der Waals surface area contributed by atoms with E-state index in [-0.39, 0.29) is 18.8 Å². The van der Waals surface area contributed by atoms with Crippen molar-refractivity contribution in [2.45, 2.75) is 39.8 Å². The van der Waals surface area contributed by atoms with Crippen LogP contribution in [0.2, 0.25) is 0 Å². The number of ether oxygens (including phenoxy) is 2. The Morgan fingerprint density at radius 3 is 2.78 bits per heavy atom. The van der Waals surface area contributed by atoms with E-state index in [1.54, 1.807) is 21.0 Å². The molecule has 0 spiro atoms. The van der Waals surface area contributed by atoms with Crippen molar-refractivity contribution in [2.24, 2.45) is 0 Å². The molecule has 0 aromatic carbocycles. The molecule has 2 aromatic heterocycles. The predicted molar refractivity (Wildman–Crippen MR) is 104 cm³/mol. The van der Waals surface area contributed by atoms with Gasteiger partial charge < -0.3 is 19.6 Å². The third-order valence-electron chi connectivity index (χ3n) is 4.05. The Balaban J connectivity index is 2.30. The van der Waals surface area contributed by atoms with Crippen molar-refractivity contribution in [1.82, 2.24) is 14.9 Å². The molecule has 2 rings (SSSR count). The Morgan fingerprint density at radius 1 is 1.41 bits per heavy atom. The summed E-state index contributed by atoms with van der Waals surface area (Å²) < 4.78 is 10.0. The lowest BCUT2D eigenvalue weighted by atomic mass is 10.2. The molecule has 0 bridgehead atoms. The highest BCUT2D eigenvalue weighted by Gasteiger charge is 2.21. The van der Waals surface area contributed by atoms with Gasteiger partial charge in [-0.3, -0.25) is 9.69 Å². The van der Waals surface area contributed by atoms with Gasteiger partial charge in [-0.05, 0) is 32.4 Å². The van der Waals surface area contributed by atoms with Crippen LogP contribution in [0, 0.1) is 6.92 Å². The summed E-state index contributed by atoms with van der Waals surface area (Å²) in [5, 5.41) is 10.4. The van der Waals surface area contributed by atoms with Gasteiger partial charge in [0.25, 0.3) is 5.56 Å². The highest BCUT2D eigenvalue weighted by atomic mass is 32.1. The standard InChI is InChI=1S/C18H27N3O5S/c1-5-7-21(8-12(22)10-25-4)9-13-19-16(23)14-11(3)15(18(24)26-6-2)27-17(14)20-13/h12,22H,5-10H2,1-4H3,(H,19,20,23)/t12-/m0/s1. The smallest absolute Gasteiger partial charge is 0.348 e. The predicted octanol–water partition coefficient (Wildman–Crippen LogP) is 1.69. The second kappa shape index (κ2) is 9.93. The quantitative estimate of drug-likeness (QED) is 0.588. The lowest BCUT2D eigenvalue weighted by molar-refractivity contribution is 0.0353. The first kappa shape index (κ1) is 21.5. The van der Waals surface area contributed by atoms with E-state index < -0.39 is 12.1 Å². The number of rotatable bonds is 10. The lowest BCUT2D eigenvalue weighted by Gasteiger charge is -2.23. The van der Waals surface area contributed by atoms with Crippen molar-refractivity contribution in [3.05, 3.63) is 26.6 Å². The third-order valence-corrected chi connectivity index (χ3v) is 5.22. The molecular formula is C18H27N3O5S. The molecule has 1 atom stereocenters. The summed E-state index contributed by atoms with van der Waals surface area (Å²) >= 11 is 1.17. The number of aromatic amines is 1. The maximum Gasteiger partial charge on any atom is 0.348 e. The van der Waals surface area contributed by atoms with E-state index in [4.69, 9.17) is 9.47 Å². The first-order valence-electron chi connectivity index (χ1n) is 8.99. The minimum atomic E-state index is -0.614. The monoisotopic (exact) mass is 397 g/mol. The third kappa shape index (κ3) is 5.35. The Morgan fingerprint density at radius 2 is 2.15 bits per heavy atom. The number of methoxy groups -OCH3 is 1. The molecule has 150 valence electrons. The summed E-state index contributed by atoms with van der Waals surface area (Å²) in [5.41, 5.74) is 0.322. The van der Waals surface area contributed by atoms with Crippen LogP contribution in [-0.4, -0.2) is 65.5 Å². The first-order chi connectivity index (χ1) is 12.9. The molecule has 9 heteroatoms. The summed E-state index contributed by atoms with van der Waals surface area (Å²) in [6.45, 7) is 7.60. The van der Waals surface area contributed by atoms with E-state index in [1.165, 1.54) is 11.3 Å². The van der Waals surface area contributed by atoms with Gasteiger partial charge in [0.1, 0.15) is 15.5 Å². The molecule has 2 heterocycles. The summed E-state index contributed by atoms with van der Waals surface area (Å²) in [4.78, 5) is 34.9. The number of thiophene rings is 1. The number of aromatic nitrogens is 2. The zero-order valence-electron chi connectivity index (χ0n) is 16.2. The molecule has 0 unspecified atom stereocenters. The normalized spacial score (nSPS) is 12.7. The molecule has 2 N–H and O–H groups in total. The van der Waals surface area contributed by atoms with Crippen LogP contribution in [-0.2, 0) is 16.0 Å². The molecule has 27 heavy (non-hydrogen) atoms. The number of aryl methyl sites for hydroxylation is 1. The number of H-pyrrole nitrogens is 1. The summed E-state index contributed by atoms with van der Waals surface area (Å²) in [6.07, 6.45) is 0.286. The van der Waals surface area contributed by atoms with Gasteiger partial charge in [-0.1, -0.05) is 6.92 Å². The van der Waals surface area contributed by atoms with Gasteiger partial charge in [0.15, 0.2) is 0 Å². The van der Waals surface area contributed by atoms with Gasteiger partial charge >= 0.3 is 5.97 Å². The van der Waals surface area contributed by atoms with Gasteiger partial charge in [-0.15, -0.1) is 11.3 Å². The summed E-state index contributed by atoms with van der Waals surface area (Å²) in [5.74, 6) is 0.0662. The van der Waals surface area contributed by atoms with Crippen molar-refractivity contribution in [3.8, 4) is 0 Å². The first-order valence-corrected chi connectivity index (χ1v) is 9.81. The molecule has 0 aliphatic rings. The van der Waals surface area contributed by atoms with E-state index in [0.717, 1.165) is 13.0 Å². The topological polar surface area (TPSA) is 105 Å². The molecular weight excluding hydrogens is 370 g/mol. The Bertz CT molecular complexity index is 832. The van der Waals surface area contributed by atoms with Gasteiger partial charge in [0.05, 0.1) is 31.2 Å².